The molecule has 3 atom stereocenters. The second-order valence-corrected chi connectivity index (χ2v) is 5.88. The number of benzene rings is 1. The molecule has 116 valence electrons. The molecule has 1 aromatic carbocycles. The Morgan fingerprint density at radius 3 is 2.64 bits per heavy atom. The summed E-state index contributed by atoms with van der Waals surface area (Å²) in [5.41, 5.74) is 5.80. The van der Waals surface area contributed by atoms with Gasteiger partial charge >= 0.3 is 0 Å². The zero-order valence-corrected chi connectivity index (χ0v) is 12.6. The highest BCUT2D eigenvalue weighted by molar-refractivity contribution is 6.42. The van der Waals surface area contributed by atoms with Gasteiger partial charge in [-0.2, -0.15) is 5.06 Å². The lowest BCUT2D eigenvalue weighted by molar-refractivity contribution is -0.176. The Balaban J connectivity index is 2.02. The number of carbonyl (C=O) groups is 3. The average molecular weight is 344 g/mol. The lowest BCUT2D eigenvalue weighted by Gasteiger charge is -2.24. The van der Waals surface area contributed by atoms with Crippen LogP contribution in [0.5, 0.6) is 0 Å². The fraction of sp³-hybridized carbons (Fsp3) is 0.308. The van der Waals surface area contributed by atoms with Crippen LogP contribution < -0.4 is 11.1 Å². The summed E-state index contributed by atoms with van der Waals surface area (Å²) in [5.74, 6) is -2.41. The first kappa shape index (κ1) is 15.2. The van der Waals surface area contributed by atoms with Gasteiger partial charge in [-0.1, -0.05) is 29.3 Å². The van der Waals surface area contributed by atoms with Crippen LogP contribution in [0.25, 0.3) is 0 Å². The molecule has 0 bridgehead atoms. The van der Waals surface area contributed by atoms with E-state index in [4.69, 9.17) is 33.8 Å². The highest BCUT2D eigenvalue weighted by Crippen LogP contribution is 2.42. The summed E-state index contributed by atoms with van der Waals surface area (Å²) in [6.07, 6.45) is -0.980. The standard InChI is InChI=1S/C13H11Cl2N3O4/c14-6-2-1-5(3-7(6)15)10-9-11(13(21)17-12(9)20)22-18(10)4-8(16)19/h1-3,9-11H,4H2,(H2,16,19)(H,17,20,21). The minimum absolute atomic E-state index is 0.252. The van der Waals surface area contributed by atoms with Crippen LogP contribution in [0.2, 0.25) is 10.0 Å². The number of primary amides is 1. The summed E-state index contributed by atoms with van der Waals surface area (Å²) in [5, 5.41) is 4.11. The summed E-state index contributed by atoms with van der Waals surface area (Å²) in [6, 6.07) is 4.15. The SMILES string of the molecule is NC(=O)CN1OC2C(=O)NC(=O)C2C1c1ccc(Cl)c(Cl)c1. The molecule has 22 heavy (non-hydrogen) atoms. The van der Waals surface area contributed by atoms with E-state index in [9.17, 15) is 14.4 Å². The molecular weight excluding hydrogens is 333 g/mol. The van der Waals surface area contributed by atoms with Crippen molar-refractivity contribution in [2.24, 2.45) is 11.7 Å². The Labute approximate surface area is 135 Å². The topological polar surface area (TPSA) is 102 Å². The highest BCUT2D eigenvalue weighted by atomic mass is 35.5. The largest absolute Gasteiger partial charge is 0.368 e. The number of imide groups is 1. The molecule has 2 aliphatic rings. The second kappa shape index (κ2) is 5.51. The minimum atomic E-state index is -0.980. The molecule has 2 fully saturated rings. The van der Waals surface area contributed by atoms with Crippen LogP contribution in [-0.2, 0) is 19.2 Å². The Morgan fingerprint density at radius 2 is 2.00 bits per heavy atom. The molecule has 2 saturated heterocycles. The zero-order valence-electron chi connectivity index (χ0n) is 11.1. The Hall–Kier alpha value is -1.67. The maximum absolute atomic E-state index is 12.0. The normalized spacial score (nSPS) is 27.8. The summed E-state index contributed by atoms with van der Waals surface area (Å²) in [6.45, 7) is -0.252. The van der Waals surface area contributed by atoms with Gasteiger partial charge in [0, 0.05) is 0 Å². The van der Waals surface area contributed by atoms with Crippen LogP contribution in [0.1, 0.15) is 11.6 Å². The third-order valence-electron chi connectivity index (χ3n) is 3.63. The van der Waals surface area contributed by atoms with Gasteiger partial charge < -0.3 is 5.73 Å². The van der Waals surface area contributed by atoms with Crippen molar-refractivity contribution in [3.05, 3.63) is 33.8 Å². The van der Waals surface area contributed by atoms with Crippen molar-refractivity contribution in [1.29, 1.82) is 0 Å². The maximum atomic E-state index is 12.0. The van der Waals surface area contributed by atoms with Crippen molar-refractivity contribution in [2.45, 2.75) is 12.1 Å². The van der Waals surface area contributed by atoms with E-state index in [1.807, 2.05) is 0 Å². The molecule has 7 nitrogen and oxygen atoms in total. The maximum Gasteiger partial charge on any atom is 0.258 e. The van der Waals surface area contributed by atoms with Gasteiger partial charge in [-0.05, 0) is 17.7 Å². The molecule has 2 aliphatic heterocycles. The quantitative estimate of drug-likeness (QED) is 0.774. The number of fused-ring (bicyclic) bond motifs is 1. The van der Waals surface area contributed by atoms with Crippen molar-refractivity contribution in [1.82, 2.24) is 10.4 Å². The van der Waals surface area contributed by atoms with E-state index >= 15 is 0 Å². The number of halogens is 2. The van der Waals surface area contributed by atoms with E-state index < -0.39 is 35.8 Å². The predicted molar refractivity (Wildman–Crippen MR) is 76.6 cm³/mol. The number of rotatable bonds is 3. The van der Waals surface area contributed by atoms with Crippen LogP contribution in [-0.4, -0.2) is 35.4 Å². The number of amides is 3. The smallest absolute Gasteiger partial charge is 0.258 e. The Bertz CT molecular complexity index is 681. The van der Waals surface area contributed by atoms with E-state index in [1.54, 1.807) is 18.2 Å². The molecule has 2 heterocycles. The number of hydroxylamine groups is 2. The average Bonchev–Trinajstić information content (AvgIpc) is 2.92. The van der Waals surface area contributed by atoms with Crippen LogP contribution >= 0.6 is 23.2 Å². The lowest BCUT2D eigenvalue weighted by Crippen LogP contribution is -2.37. The van der Waals surface area contributed by atoms with Gasteiger partial charge in [0.2, 0.25) is 11.8 Å². The number of nitrogens with zero attached hydrogens (tertiary/aromatic N) is 1. The van der Waals surface area contributed by atoms with E-state index in [0.717, 1.165) is 0 Å². The predicted octanol–water partition coefficient (Wildman–Crippen LogP) is 0.408. The first-order valence-corrected chi connectivity index (χ1v) is 7.15. The number of hydrogen-bond donors (Lipinski definition) is 2. The molecule has 3 amide bonds. The molecule has 3 N–H and O–H groups in total. The lowest BCUT2D eigenvalue weighted by atomic mass is 9.91. The molecule has 1 aromatic rings. The Morgan fingerprint density at radius 1 is 1.27 bits per heavy atom. The summed E-state index contributed by atoms with van der Waals surface area (Å²) >= 11 is 11.9. The van der Waals surface area contributed by atoms with Crippen molar-refractivity contribution >= 4 is 40.9 Å². The van der Waals surface area contributed by atoms with Gasteiger partial charge in [-0.25, -0.2) is 0 Å². The van der Waals surface area contributed by atoms with Crippen LogP contribution in [0.4, 0.5) is 0 Å². The monoisotopic (exact) mass is 343 g/mol. The van der Waals surface area contributed by atoms with Crippen LogP contribution in [0.15, 0.2) is 18.2 Å². The van der Waals surface area contributed by atoms with Gasteiger partial charge in [0.05, 0.1) is 22.0 Å². The van der Waals surface area contributed by atoms with E-state index in [0.29, 0.717) is 15.6 Å². The van der Waals surface area contributed by atoms with Crippen molar-refractivity contribution in [3.8, 4) is 0 Å². The van der Waals surface area contributed by atoms with Gasteiger partial charge in [0.25, 0.3) is 5.91 Å². The molecule has 9 heteroatoms. The molecule has 0 aliphatic carbocycles. The highest BCUT2D eigenvalue weighted by Gasteiger charge is 2.56. The molecule has 0 radical (unpaired) electrons. The van der Waals surface area contributed by atoms with Crippen molar-refractivity contribution in [3.63, 3.8) is 0 Å². The van der Waals surface area contributed by atoms with Crippen LogP contribution in [0, 0.1) is 5.92 Å². The van der Waals surface area contributed by atoms with Gasteiger partial charge in [0.1, 0.15) is 6.54 Å². The van der Waals surface area contributed by atoms with Crippen LogP contribution in [0.3, 0.4) is 0 Å². The van der Waals surface area contributed by atoms with Gasteiger partial charge in [-0.3, -0.25) is 24.5 Å². The van der Waals surface area contributed by atoms with Crippen molar-refractivity contribution in [2.75, 3.05) is 6.54 Å². The molecule has 3 unspecified atom stereocenters. The van der Waals surface area contributed by atoms with Gasteiger partial charge in [-0.15, -0.1) is 0 Å². The molecule has 3 rings (SSSR count). The fourth-order valence-electron chi connectivity index (χ4n) is 2.75. The number of hydrogen-bond acceptors (Lipinski definition) is 5. The molecule has 0 saturated carbocycles. The summed E-state index contributed by atoms with van der Waals surface area (Å²) < 4.78 is 0. The first-order valence-electron chi connectivity index (χ1n) is 6.40. The van der Waals surface area contributed by atoms with E-state index in [-0.39, 0.29) is 6.54 Å². The molecule has 0 aromatic heterocycles. The van der Waals surface area contributed by atoms with Crippen molar-refractivity contribution < 1.29 is 19.2 Å². The zero-order chi connectivity index (χ0) is 16.0. The first-order chi connectivity index (χ1) is 10.4. The minimum Gasteiger partial charge on any atom is -0.368 e. The van der Waals surface area contributed by atoms with E-state index in [2.05, 4.69) is 5.32 Å². The third-order valence-corrected chi connectivity index (χ3v) is 4.37. The summed E-state index contributed by atoms with van der Waals surface area (Å²) in [4.78, 5) is 40.4. The van der Waals surface area contributed by atoms with E-state index in [1.165, 1.54) is 5.06 Å². The second-order valence-electron chi connectivity index (χ2n) is 5.07. The number of nitrogens with one attached hydrogen (secondary N) is 1. The third kappa shape index (κ3) is 2.46. The number of nitrogens with two attached hydrogens (primary N) is 1. The summed E-state index contributed by atoms with van der Waals surface area (Å²) in [7, 11) is 0. The number of carbonyl (C=O) groups excluding carboxylic acids is 3. The molecule has 0 spiro atoms. The Kier molecular flexibility index (Phi) is 3.82. The van der Waals surface area contributed by atoms with Gasteiger partial charge in [0.15, 0.2) is 6.10 Å². The molecular formula is C13H11Cl2N3O4. The fourth-order valence-corrected chi connectivity index (χ4v) is 3.06.